The van der Waals surface area contributed by atoms with Crippen LogP contribution in [0.25, 0.3) is 0 Å². The van der Waals surface area contributed by atoms with Crippen LogP contribution in [0.3, 0.4) is 0 Å². The molecule has 1 aromatic rings. The van der Waals surface area contributed by atoms with Crippen molar-refractivity contribution in [3.63, 3.8) is 0 Å². The minimum absolute atomic E-state index is 0.167. The SMILES string of the molecule is CCCNc1cnc(C(=O)NCCOC(C)C)cn1. The number of aromatic nitrogens is 2. The Morgan fingerprint density at radius 1 is 1.32 bits per heavy atom. The lowest BCUT2D eigenvalue weighted by Gasteiger charge is -2.08. The van der Waals surface area contributed by atoms with Gasteiger partial charge in [0.2, 0.25) is 0 Å². The number of anilines is 1. The van der Waals surface area contributed by atoms with Gasteiger partial charge in [0, 0.05) is 13.1 Å². The topological polar surface area (TPSA) is 76.1 Å². The van der Waals surface area contributed by atoms with E-state index in [0.29, 0.717) is 24.7 Å². The standard InChI is InChI=1S/C13H22N4O2/c1-4-5-14-12-9-16-11(8-17-12)13(18)15-6-7-19-10(2)3/h8-10H,4-7H2,1-3H3,(H,14,17)(H,15,18). The Balaban J connectivity index is 2.36. The fraction of sp³-hybridized carbons (Fsp3) is 0.615. The molecule has 6 heteroatoms. The van der Waals surface area contributed by atoms with Gasteiger partial charge in [-0.2, -0.15) is 0 Å². The van der Waals surface area contributed by atoms with Gasteiger partial charge in [-0.05, 0) is 20.3 Å². The second kappa shape index (κ2) is 8.42. The van der Waals surface area contributed by atoms with Crippen molar-refractivity contribution in [2.45, 2.75) is 33.3 Å². The summed E-state index contributed by atoms with van der Waals surface area (Å²) in [5.41, 5.74) is 0.312. The van der Waals surface area contributed by atoms with Crippen molar-refractivity contribution in [3.05, 3.63) is 18.1 Å². The van der Waals surface area contributed by atoms with Gasteiger partial charge < -0.3 is 15.4 Å². The van der Waals surface area contributed by atoms with E-state index in [0.717, 1.165) is 13.0 Å². The van der Waals surface area contributed by atoms with E-state index < -0.39 is 0 Å². The van der Waals surface area contributed by atoms with Crippen molar-refractivity contribution in [2.75, 3.05) is 25.0 Å². The predicted molar refractivity (Wildman–Crippen MR) is 74.2 cm³/mol. The molecule has 19 heavy (non-hydrogen) atoms. The van der Waals surface area contributed by atoms with E-state index in [9.17, 15) is 4.79 Å². The monoisotopic (exact) mass is 266 g/mol. The van der Waals surface area contributed by atoms with E-state index in [4.69, 9.17) is 4.74 Å². The molecule has 6 nitrogen and oxygen atoms in total. The number of hydrogen-bond donors (Lipinski definition) is 2. The third-order valence-electron chi connectivity index (χ3n) is 2.28. The summed E-state index contributed by atoms with van der Waals surface area (Å²) in [7, 11) is 0. The highest BCUT2D eigenvalue weighted by Crippen LogP contribution is 2.01. The summed E-state index contributed by atoms with van der Waals surface area (Å²) in [4.78, 5) is 19.9. The lowest BCUT2D eigenvalue weighted by molar-refractivity contribution is 0.0744. The van der Waals surface area contributed by atoms with Crippen LogP contribution in [-0.2, 0) is 4.74 Å². The van der Waals surface area contributed by atoms with Crippen LogP contribution in [0.4, 0.5) is 5.82 Å². The molecule has 0 aliphatic heterocycles. The van der Waals surface area contributed by atoms with E-state index >= 15 is 0 Å². The number of carbonyl (C=O) groups excluding carboxylic acids is 1. The van der Waals surface area contributed by atoms with Crippen molar-refractivity contribution in [3.8, 4) is 0 Å². The summed E-state index contributed by atoms with van der Waals surface area (Å²) in [6.45, 7) is 7.78. The summed E-state index contributed by atoms with van der Waals surface area (Å²) in [5, 5.41) is 5.83. The molecule has 0 saturated carbocycles. The third kappa shape index (κ3) is 6.15. The Hall–Kier alpha value is -1.69. The van der Waals surface area contributed by atoms with Crippen molar-refractivity contribution in [2.24, 2.45) is 0 Å². The largest absolute Gasteiger partial charge is 0.377 e. The van der Waals surface area contributed by atoms with Gasteiger partial charge in [-0.3, -0.25) is 4.79 Å². The minimum Gasteiger partial charge on any atom is -0.377 e. The molecule has 0 saturated heterocycles. The lowest BCUT2D eigenvalue weighted by Crippen LogP contribution is -2.28. The van der Waals surface area contributed by atoms with Gasteiger partial charge in [0.05, 0.1) is 25.1 Å². The Morgan fingerprint density at radius 2 is 2.11 bits per heavy atom. The summed E-state index contributed by atoms with van der Waals surface area (Å²) in [6.07, 6.45) is 4.21. The van der Waals surface area contributed by atoms with Crippen molar-refractivity contribution >= 4 is 11.7 Å². The van der Waals surface area contributed by atoms with Crippen LogP contribution in [0.5, 0.6) is 0 Å². The Kier molecular flexibility index (Phi) is 6.81. The zero-order valence-corrected chi connectivity index (χ0v) is 11.8. The summed E-state index contributed by atoms with van der Waals surface area (Å²) >= 11 is 0. The van der Waals surface area contributed by atoms with Gasteiger partial charge in [0.1, 0.15) is 11.5 Å². The van der Waals surface area contributed by atoms with Crippen LogP contribution in [0, 0.1) is 0 Å². The minimum atomic E-state index is -0.234. The Morgan fingerprint density at radius 3 is 2.68 bits per heavy atom. The maximum Gasteiger partial charge on any atom is 0.271 e. The second-order valence-electron chi connectivity index (χ2n) is 4.39. The smallest absolute Gasteiger partial charge is 0.271 e. The van der Waals surface area contributed by atoms with Crippen LogP contribution in [0.15, 0.2) is 12.4 Å². The van der Waals surface area contributed by atoms with E-state index in [1.54, 1.807) is 6.20 Å². The molecule has 106 valence electrons. The van der Waals surface area contributed by atoms with Crippen LogP contribution in [0.1, 0.15) is 37.7 Å². The third-order valence-corrected chi connectivity index (χ3v) is 2.28. The number of hydrogen-bond acceptors (Lipinski definition) is 5. The summed E-state index contributed by atoms with van der Waals surface area (Å²) in [6, 6.07) is 0. The summed E-state index contributed by atoms with van der Waals surface area (Å²) in [5.74, 6) is 0.448. The zero-order chi connectivity index (χ0) is 14.1. The first kappa shape index (κ1) is 15.4. The highest BCUT2D eigenvalue weighted by Gasteiger charge is 2.07. The number of ether oxygens (including phenoxy) is 1. The number of rotatable bonds is 8. The van der Waals surface area contributed by atoms with Gasteiger partial charge in [0.15, 0.2) is 0 Å². The van der Waals surface area contributed by atoms with E-state index in [1.165, 1.54) is 6.20 Å². The number of nitrogens with zero attached hydrogens (tertiary/aromatic N) is 2. The van der Waals surface area contributed by atoms with E-state index in [-0.39, 0.29) is 12.0 Å². The molecule has 0 radical (unpaired) electrons. The number of nitrogens with one attached hydrogen (secondary N) is 2. The molecule has 0 atom stereocenters. The van der Waals surface area contributed by atoms with Crippen molar-refractivity contribution < 1.29 is 9.53 Å². The first-order valence-electron chi connectivity index (χ1n) is 6.59. The average molecular weight is 266 g/mol. The van der Waals surface area contributed by atoms with Crippen molar-refractivity contribution in [1.82, 2.24) is 15.3 Å². The highest BCUT2D eigenvalue weighted by molar-refractivity contribution is 5.91. The molecule has 0 aliphatic rings. The second-order valence-corrected chi connectivity index (χ2v) is 4.39. The zero-order valence-electron chi connectivity index (χ0n) is 11.8. The fourth-order valence-electron chi connectivity index (χ4n) is 1.34. The molecule has 1 heterocycles. The van der Waals surface area contributed by atoms with Gasteiger partial charge in [-0.25, -0.2) is 9.97 Å². The number of amides is 1. The predicted octanol–water partition coefficient (Wildman–Crippen LogP) is 1.45. The van der Waals surface area contributed by atoms with Crippen LogP contribution >= 0.6 is 0 Å². The average Bonchev–Trinajstić information content (AvgIpc) is 2.41. The molecule has 1 amide bonds. The maximum atomic E-state index is 11.7. The number of carbonyl (C=O) groups is 1. The molecular formula is C13H22N4O2. The van der Waals surface area contributed by atoms with Gasteiger partial charge >= 0.3 is 0 Å². The highest BCUT2D eigenvalue weighted by atomic mass is 16.5. The molecule has 1 aromatic heterocycles. The molecule has 0 aromatic carbocycles. The Bertz CT molecular complexity index is 379. The van der Waals surface area contributed by atoms with Crippen molar-refractivity contribution in [1.29, 1.82) is 0 Å². The molecule has 2 N–H and O–H groups in total. The first-order valence-corrected chi connectivity index (χ1v) is 6.59. The molecular weight excluding hydrogens is 244 g/mol. The van der Waals surface area contributed by atoms with Gasteiger partial charge in [-0.15, -0.1) is 0 Å². The first-order chi connectivity index (χ1) is 9.13. The Labute approximate surface area is 114 Å². The molecule has 0 fully saturated rings. The summed E-state index contributed by atoms with van der Waals surface area (Å²) < 4.78 is 5.33. The quantitative estimate of drug-likeness (QED) is 0.697. The van der Waals surface area contributed by atoms with E-state index in [2.05, 4.69) is 27.5 Å². The maximum absolute atomic E-state index is 11.7. The van der Waals surface area contributed by atoms with Gasteiger partial charge in [0.25, 0.3) is 5.91 Å². The lowest BCUT2D eigenvalue weighted by atomic mass is 10.4. The van der Waals surface area contributed by atoms with Gasteiger partial charge in [-0.1, -0.05) is 6.92 Å². The molecule has 0 unspecified atom stereocenters. The molecule has 0 spiro atoms. The molecule has 0 aliphatic carbocycles. The fourth-order valence-corrected chi connectivity index (χ4v) is 1.34. The normalized spacial score (nSPS) is 10.5. The van der Waals surface area contributed by atoms with E-state index in [1.807, 2.05) is 13.8 Å². The van der Waals surface area contributed by atoms with Crippen LogP contribution < -0.4 is 10.6 Å². The molecule has 1 rings (SSSR count). The van der Waals surface area contributed by atoms with Crippen LogP contribution in [0.2, 0.25) is 0 Å². The molecule has 0 bridgehead atoms. The van der Waals surface area contributed by atoms with Crippen LogP contribution in [-0.4, -0.2) is 41.7 Å².